The van der Waals surface area contributed by atoms with Gasteiger partial charge in [-0.25, -0.2) is 4.98 Å². The maximum absolute atomic E-state index is 10.3. The van der Waals surface area contributed by atoms with Crippen molar-refractivity contribution in [2.75, 3.05) is 0 Å². The van der Waals surface area contributed by atoms with Crippen molar-refractivity contribution in [3.63, 3.8) is 0 Å². The van der Waals surface area contributed by atoms with Crippen LogP contribution in [0, 0.1) is 29.6 Å². The first-order valence-corrected chi connectivity index (χ1v) is 6.72. The summed E-state index contributed by atoms with van der Waals surface area (Å²) in [5, 5.41) is 28.3. The number of rotatable bonds is 2. The van der Waals surface area contributed by atoms with Crippen LogP contribution in [0.4, 0.5) is 0 Å². The number of hydrogen-bond acceptors (Lipinski definition) is 4. The topological polar surface area (TPSA) is 96.5 Å². The average molecular weight is 288 g/mol. The maximum Gasteiger partial charge on any atom is 0.141 e. The van der Waals surface area contributed by atoms with Crippen molar-refractivity contribution >= 4 is 11.0 Å². The molecular formula is C17H12N4O. The van der Waals surface area contributed by atoms with Crippen molar-refractivity contribution in [2.24, 2.45) is 0 Å². The number of nitrogens with zero attached hydrogens (tertiary/aromatic N) is 3. The minimum absolute atomic E-state index is 0.0733. The number of phenols is 1. The van der Waals surface area contributed by atoms with E-state index in [4.69, 9.17) is 10.5 Å². The smallest absolute Gasteiger partial charge is 0.141 e. The zero-order chi connectivity index (χ0) is 15.7. The monoisotopic (exact) mass is 288 g/mol. The van der Waals surface area contributed by atoms with Crippen LogP contribution in [0.25, 0.3) is 22.2 Å². The van der Waals surface area contributed by atoms with E-state index >= 15 is 0 Å². The van der Waals surface area contributed by atoms with Gasteiger partial charge in [0.05, 0.1) is 29.1 Å². The van der Waals surface area contributed by atoms with E-state index in [-0.39, 0.29) is 17.7 Å². The molecule has 0 unspecified atom stereocenters. The Bertz CT molecular complexity index is 957. The van der Waals surface area contributed by atoms with Gasteiger partial charge >= 0.3 is 0 Å². The number of aromatic nitrogens is 2. The predicted molar refractivity (Wildman–Crippen MR) is 82.0 cm³/mol. The molecule has 0 spiro atoms. The molecule has 1 heterocycles. The first-order valence-electron chi connectivity index (χ1n) is 6.72. The molecule has 3 aromatic rings. The van der Waals surface area contributed by atoms with Crippen LogP contribution in [0.3, 0.4) is 0 Å². The molecule has 2 aromatic carbocycles. The van der Waals surface area contributed by atoms with Crippen molar-refractivity contribution in [2.45, 2.75) is 13.3 Å². The molecule has 0 aliphatic heterocycles. The van der Waals surface area contributed by atoms with Crippen molar-refractivity contribution in [3.8, 4) is 29.0 Å². The number of nitrogens with one attached hydrogen (secondary N) is 1. The van der Waals surface area contributed by atoms with E-state index in [0.717, 1.165) is 22.4 Å². The van der Waals surface area contributed by atoms with E-state index in [1.165, 1.54) is 0 Å². The first-order chi connectivity index (χ1) is 10.6. The molecule has 0 aliphatic carbocycles. The minimum Gasteiger partial charge on any atom is -0.506 e. The molecule has 2 N–H and O–H groups in total. The number of imidazole rings is 1. The van der Waals surface area contributed by atoms with Gasteiger partial charge in [0.15, 0.2) is 0 Å². The fourth-order valence-electron chi connectivity index (χ4n) is 2.49. The third kappa shape index (κ3) is 2.25. The molecule has 22 heavy (non-hydrogen) atoms. The van der Waals surface area contributed by atoms with Gasteiger partial charge in [0.1, 0.15) is 17.6 Å². The Morgan fingerprint density at radius 3 is 2.77 bits per heavy atom. The van der Waals surface area contributed by atoms with Gasteiger partial charge in [0, 0.05) is 5.56 Å². The molecule has 0 saturated heterocycles. The van der Waals surface area contributed by atoms with Gasteiger partial charge < -0.3 is 10.1 Å². The summed E-state index contributed by atoms with van der Waals surface area (Å²) in [7, 11) is 0. The molecule has 5 nitrogen and oxygen atoms in total. The van der Waals surface area contributed by atoms with E-state index < -0.39 is 0 Å². The molecule has 1 aromatic heterocycles. The van der Waals surface area contributed by atoms with Gasteiger partial charge in [-0.3, -0.25) is 0 Å². The van der Waals surface area contributed by atoms with Gasteiger partial charge in [-0.15, -0.1) is 0 Å². The highest BCUT2D eigenvalue weighted by molar-refractivity contribution is 5.84. The molecule has 3 rings (SSSR count). The fraction of sp³-hybridized carbons (Fsp3) is 0.118. The Hall–Kier alpha value is -3.31. The second-order valence-electron chi connectivity index (χ2n) is 5.04. The molecule has 0 bridgehead atoms. The van der Waals surface area contributed by atoms with Crippen molar-refractivity contribution in [1.82, 2.24) is 9.97 Å². The number of phenolic OH excluding ortho intramolecular Hbond substituents is 1. The lowest BCUT2D eigenvalue weighted by Gasteiger charge is -2.08. The summed E-state index contributed by atoms with van der Waals surface area (Å²) in [6.07, 6.45) is 0.186. The first kappa shape index (κ1) is 13.7. The summed E-state index contributed by atoms with van der Waals surface area (Å²) in [5.41, 5.74) is 3.86. The number of fused-ring (bicyclic) bond motifs is 1. The predicted octanol–water partition coefficient (Wildman–Crippen LogP) is 3.18. The Morgan fingerprint density at radius 2 is 2.05 bits per heavy atom. The Morgan fingerprint density at radius 1 is 1.23 bits per heavy atom. The van der Waals surface area contributed by atoms with Gasteiger partial charge in [-0.1, -0.05) is 6.07 Å². The molecule has 0 aliphatic rings. The summed E-state index contributed by atoms with van der Waals surface area (Å²) < 4.78 is 0. The fourth-order valence-corrected chi connectivity index (χ4v) is 2.49. The molecule has 0 amide bonds. The number of H-pyrrole nitrogens is 1. The van der Waals surface area contributed by atoms with Crippen LogP contribution in [0.5, 0.6) is 5.75 Å². The van der Waals surface area contributed by atoms with E-state index in [1.807, 2.05) is 31.2 Å². The highest BCUT2D eigenvalue weighted by Gasteiger charge is 2.13. The number of aryl methyl sites for hydroxylation is 1. The van der Waals surface area contributed by atoms with Crippen LogP contribution in [0.2, 0.25) is 0 Å². The summed E-state index contributed by atoms with van der Waals surface area (Å²) in [4.78, 5) is 7.51. The molecule has 106 valence electrons. The van der Waals surface area contributed by atoms with E-state index in [2.05, 4.69) is 16.0 Å². The third-order valence-corrected chi connectivity index (χ3v) is 3.49. The normalized spacial score (nSPS) is 10.3. The van der Waals surface area contributed by atoms with Gasteiger partial charge in [0.2, 0.25) is 0 Å². The number of aromatic hydroxyl groups is 1. The van der Waals surface area contributed by atoms with E-state index in [1.54, 1.807) is 12.1 Å². The number of benzene rings is 2. The highest BCUT2D eigenvalue weighted by Crippen LogP contribution is 2.34. The minimum atomic E-state index is -0.0733. The molecule has 5 heteroatoms. The van der Waals surface area contributed by atoms with E-state index in [9.17, 15) is 5.11 Å². The summed E-state index contributed by atoms with van der Waals surface area (Å²) in [6.45, 7) is 1.87. The van der Waals surface area contributed by atoms with Crippen LogP contribution >= 0.6 is 0 Å². The van der Waals surface area contributed by atoms with Gasteiger partial charge in [0.25, 0.3) is 0 Å². The zero-order valence-corrected chi connectivity index (χ0v) is 11.9. The molecule has 0 atom stereocenters. The third-order valence-electron chi connectivity index (χ3n) is 3.49. The number of aromatic amines is 1. The van der Waals surface area contributed by atoms with Crippen molar-refractivity contribution < 1.29 is 5.11 Å². The molecule has 0 fully saturated rings. The second kappa shape index (κ2) is 5.23. The summed E-state index contributed by atoms with van der Waals surface area (Å²) in [5.74, 6) is 0.739. The van der Waals surface area contributed by atoms with Crippen LogP contribution in [-0.4, -0.2) is 15.1 Å². The SMILES string of the molecule is Cc1nc2cc(-c3cc(CC#N)cc(C#N)c3O)ccc2[nH]1. The van der Waals surface area contributed by atoms with Crippen LogP contribution in [0.15, 0.2) is 30.3 Å². The summed E-state index contributed by atoms with van der Waals surface area (Å²) >= 11 is 0. The van der Waals surface area contributed by atoms with Crippen molar-refractivity contribution in [1.29, 1.82) is 10.5 Å². The standard InChI is InChI=1S/C17H12N4O/c1-10-20-15-3-2-12(8-16(15)21-10)14-7-11(4-5-18)6-13(9-19)17(14)22/h2-3,6-8,22H,4H2,1H3,(H,20,21). The van der Waals surface area contributed by atoms with Crippen LogP contribution in [0.1, 0.15) is 17.0 Å². The van der Waals surface area contributed by atoms with Crippen molar-refractivity contribution in [3.05, 3.63) is 47.3 Å². The Labute approximate surface area is 127 Å². The lowest BCUT2D eigenvalue weighted by Crippen LogP contribution is -1.90. The van der Waals surface area contributed by atoms with Crippen LogP contribution in [-0.2, 0) is 6.42 Å². The van der Waals surface area contributed by atoms with Gasteiger partial charge in [-0.05, 0) is 42.3 Å². The summed E-state index contributed by atoms with van der Waals surface area (Å²) in [6, 6.07) is 12.9. The molecule has 0 radical (unpaired) electrons. The number of hydrogen-bond donors (Lipinski definition) is 2. The van der Waals surface area contributed by atoms with Crippen LogP contribution < -0.4 is 0 Å². The average Bonchev–Trinajstić information content (AvgIpc) is 2.88. The van der Waals surface area contributed by atoms with E-state index in [0.29, 0.717) is 11.1 Å². The molecular weight excluding hydrogens is 276 g/mol. The lowest BCUT2D eigenvalue weighted by atomic mass is 9.97. The lowest BCUT2D eigenvalue weighted by molar-refractivity contribution is 0.475. The quantitative estimate of drug-likeness (QED) is 0.756. The maximum atomic E-state index is 10.3. The van der Waals surface area contributed by atoms with Gasteiger partial charge in [-0.2, -0.15) is 10.5 Å². The largest absolute Gasteiger partial charge is 0.506 e. The highest BCUT2D eigenvalue weighted by atomic mass is 16.3. The zero-order valence-electron chi connectivity index (χ0n) is 11.9. The number of nitriles is 2. The Balaban J connectivity index is 2.22. The molecule has 0 saturated carbocycles. The second-order valence-corrected chi connectivity index (χ2v) is 5.04. The Kier molecular flexibility index (Phi) is 3.25.